The summed E-state index contributed by atoms with van der Waals surface area (Å²) >= 11 is 0. The first kappa shape index (κ1) is 15.5. The van der Waals surface area contributed by atoms with Gasteiger partial charge in [0.25, 0.3) is 0 Å². The van der Waals surface area contributed by atoms with Crippen molar-refractivity contribution in [3.63, 3.8) is 0 Å². The Kier molecular flexibility index (Phi) is 8.32. The van der Waals surface area contributed by atoms with Crippen molar-refractivity contribution in [2.24, 2.45) is 17.8 Å². The highest BCUT2D eigenvalue weighted by atomic mass is 16.4. The summed E-state index contributed by atoms with van der Waals surface area (Å²) in [7, 11) is 0. The molecule has 0 spiro atoms. The first-order valence-corrected chi connectivity index (χ1v) is 6.67. The van der Waals surface area contributed by atoms with Gasteiger partial charge in [0.1, 0.15) is 0 Å². The van der Waals surface area contributed by atoms with Crippen molar-refractivity contribution in [3.8, 4) is 0 Å². The highest BCUT2D eigenvalue weighted by molar-refractivity contribution is 5.66. The number of aliphatic carboxylic acids is 1. The normalized spacial score (nSPS) is 16.8. The Balaban J connectivity index is 3.71. The topological polar surface area (TPSA) is 37.3 Å². The molecule has 2 heteroatoms. The van der Waals surface area contributed by atoms with Gasteiger partial charge in [-0.15, -0.1) is 0 Å². The summed E-state index contributed by atoms with van der Waals surface area (Å²) in [5.74, 6) is 1.08. The molecule has 0 bridgehead atoms. The Morgan fingerprint density at radius 2 is 1.62 bits per heavy atom. The Labute approximate surface area is 100 Å². The van der Waals surface area contributed by atoms with E-state index in [9.17, 15) is 4.79 Å². The molecule has 0 saturated carbocycles. The smallest absolute Gasteiger partial charge is 0.303 e. The first-order valence-electron chi connectivity index (χ1n) is 6.67. The average molecular weight is 228 g/mol. The lowest BCUT2D eigenvalue weighted by molar-refractivity contribution is -0.138. The molecule has 0 rings (SSSR count). The highest BCUT2D eigenvalue weighted by Gasteiger charge is 2.14. The Hall–Kier alpha value is -0.530. The van der Waals surface area contributed by atoms with Crippen molar-refractivity contribution in [2.75, 3.05) is 0 Å². The van der Waals surface area contributed by atoms with E-state index in [1.165, 1.54) is 25.7 Å². The van der Waals surface area contributed by atoms with E-state index in [2.05, 4.69) is 20.8 Å². The maximum Gasteiger partial charge on any atom is 0.303 e. The molecule has 0 aromatic carbocycles. The third kappa shape index (κ3) is 8.75. The molecule has 0 aromatic heterocycles. The molecule has 16 heavy (non-hydrogen) atoms. The van der Waals surface area contributed by atoms with Gasteiger partial charge in [-0.25, -0.2) is 0 Å². The van der Waals surface area contributed by atoms with Crippen LogP contribution >= 0.6 is 0 Å². The molecule has 0 fully saturated rings. The summed E-state index contributed by atoms with van der Waals surface area (Å²) in [5, 5.41) is 8.69. The zero-order valence-electron chi connectivity index (χ0n) is 11.3. The van der Waals surface area contributed by atoms with Crippen molar-refractivity contribution >= 4 is 5.97 Å². The number of carboxylic acid groups (broad SMARTS) is 1. The minimum Gasteiger partial charge on any atom is -0.481 e. The molecule has 0 heterocycles. The molecular formula is C14H28O2. The first-order chi connectivity index (χ1) is 7.45. The Morgan fingerprint density at radius 3 is 2.12 bits per heavy atom. The summed E-state index contributed by atoms with van der Waals surface area (Å²) in [6, 6.07) is 0. The Bertz CT molecular complexity index is 189. The van der Waals surface area contributed by atoms with Crippen LogP contribution < -0.4 is 0 Å². The van der Waals surface area contributed by atoms with E-state index >= 15 is 0 Å². The largest absolute Gasteiger partial charge is 0.481 e. The van der Waals surface area contributed by atoms with Crippen LogP contribution in [-0.2, 0) is 4.79 Å². The van der Waals surface area contributed by atoms with E-state index < -0.39 is 5.97 Å². The molecule has 2 nitrogen and oxygen atoms in total. The van der Waals surface area contributed by atoms with Gasteiger partial charge < -0.3 is 5.11 Å². The third-order valence-electron chi connectivity index (χ3n) is 3.18. The Morgan fingerprint density at radius 1 is 1.06 bits per heavy atom. The molecule has 0 saturated heterocycles. The van der Waals surface area contributed by atoms with Crippen molar-refractivity contribution in [3.05, 3.63) is 0 Å². The summed E-state index contributed by atoms with van der Waals surface area (Å²) in [6.45, 7) is 8.83. The van der Waals surface area contributed by atoms with E-state index in [1.54, 1.807) is 0 Å². The van der Waals surface area contributed by atoms with Crippen LogP contribution in [0.1, 0.15) is 66.2 Å². The molecule has 96 valence electrons. The molecule has 0 amide bonds. The number of unbranched alkanes of at least 4 members (excludes halogenated alkanes) is 1. The molecule has 3 unspecified atom stereocenters. The number of carbonyl (C=O) groups is 1. The molecule has 0 aliphatic rings. The van der Waals surface area contributed by atoms with Crippen LogP contribution in [0.2, 0.25) is 0 Å². The van der Waals surface area contributed by atoms with E-state index in [1.807, 2.05) is 6.92 Å². The summed E-state index contributed by atoms with van der Waals surface area (Å²) in [6.07, 6.45) is 6.50. The molecule has 0 radical (unpaired) electrons. The molecule has 3 atom stereocenters. The fourth-order valence-corrected chi connectivity index (χ4v) is 2.52. The zero-order valence-corrected chi connectivity index (χ0v) is 11.3. The van der Waals surface area contributed by atoms with Gasteiger partial charge in [-0.05, 0) is 30.6 Å². The van der Waals surface area contributed by atoms with Gasteiger partial charge in [0.2, 0.25) is 0 Å². The lowest BCUT2D eigenvalue weighted by atomic mass is 9.86. The summed E-state index contributed by atoms with van der Waals surface area (Å²) < 4.78 is 0. The van der Waals surface area contributed by atoms with Crippen LogP contribution in [0.25, 0.3) is 0 Å². The average Bonchev–Trinajstić information content (AvgIpc) is 2.12. The molecule has 0 aliphatic carbocycles. The van der Waals surface area contributed by atoms with Crippen molar-refractivity contribution in [1.29, 1.82) is 0 Å². The number of hydrogen-bond donors (Lipinski definition) is 1. The maximum atomic E-state index is 10.6. The second kappa shape index (κ2) is 8.60. The van der Waals surface area contributed by atoms with Crippen LogP contribution in [0.5, 0.6) is 0 Å². The van der Waals surface area contributed by atoms with Gasteiger partial charge in [-0.3, -0.25) is 4.79 Å². The van der Waals surface area contributed by atoms with Crippen LogP contribution in [-0.4, -0.2) is 11.1 Å². The standard InChI is InChI=1S/C14H28O2/c1-5-6-7-11(2)8-12(3)9-13(4)10-14(15)16/h11-13H,5-10H2,1-4H3,(H,15,16). The van der Waals surface area contributed by atoms with Crippen molar-refractivity contribution in [1.82, 2.24) is 0 Å². The predicted octanol–water partition coefficient (Wildman–Crippen LogP) is 4.34. The molecule has 1 N–H and O–H groups in total. The zero-order chi connectivity index (χ0) is 12.6. The second-order valence-corrected chi connectivity index (χ2v) is 5.53. The maximum absolute atomic E-state index is 10.6. The summed E-state index contributed by atoms with van der Waals surface area (Å²) in [5.41, 5.74) is 0. The van der Waals surface area contributed by atoms with Crippen LogP contribution in [0.15, 0.2) is 0 Å². The minimum atomic E-state index is -0.668. The lowest BCUT2D eigenvalue weighted by Gasteiger charge is -2.19. The van der Waals surface area contributed by atoms with E-state index in [-0.39, 0.29) is 0 Å². The van der Waals surface area contributed by atoms with Gasteiger partial charge in [0.05, 0.1) is 0 Å². The van der Waals surface area contributed by atoms with Gasteiger partial charge in [0, 0.05) is 6.42 Å². The fraction of sp³-hybridized carbons (Fsp3) is 0.929. The molecule has 0 aliphatic heterocycles. The third-order valence-corrected chi connectivity index (χ3v) is 3.18. The quantitative estimate of drug-likeness (QED) is 0.637. The number of rotatable bonds is 9. The van der Waals surface area contributed by atoms with Crippen LogP contribution in [0.4, 0.5) is 0 Å². The molecule has 0 aromatic rings. The monoisotopic (exact) mass is 228 g/mol. The second-order valence-electron chi connectivity index (χ2n) is 5.53. The lowest BCUT2D eigenvalue weighted by Crippen LogP contribution is -2.11. The van der Waals surface area contributed by atoms with E-state index in [4.69, 9.17) is 5.11 Å². The van der Waals surface area contributed by atoms with E-state index in [0.717, 1.165) is 12.3 Å². The van der Waals surface area contributed by atoms with Gasteiger partial charge in [-0.1, -0.05) is 47.0 Å². The summed E-state index contributed by atoms with van der Waals surface area (Å²) in [4.78, 5) is 10.6. The van der Waals surface area contributed by atoms with Gasteiger partial charge in [-0.2, -0.15) is 0 Å². The highest BCUT2D eigenvalue weighted by Crippen LogP contribution is 2.24. The minimum absolute atomic E-state index is 0.311. The van der Waals surface area contributed by atoms with Crippen molar-refractivity contribution in [2.45, 2.75) is 66.2 Å². The van der Waals surface area contributed by atoms with Crippen molar-refractivity contribution < 1.29 is 9.90 Å². The molecular weight excluding hydrogens is 200 g/mol. The van der Waals surface area contributed by atoms with Crippen LogP contribution in [0.3, 0.4) is 0 Å². The SMILES string of the molecule is CCCCC(C)CC(C)CC(C)CC(=O)O. The fourth-order valence-electron chi connectivity index (χ4n) is 2.52. The predicted molar refractivity (Wildman–Crippen MR) is 68.5 cm³/mol. The van der Waals surface area contributed by atoms with Crippen LogP contribution in [0, 0.1) is 17.8 Å². The van der Waals surface area contributed by atoms with E-state index in [0.29, 0.717) is 18.3 Å². The number of carboxylic acids is 1. The number of hydrogen-bond acceptors (Lipinski definition) is 1. The van der Waals surface area contributed by atoms with Gasteiger partial charge in [0.15, 0.2) is 0 Å². The van der Waals surface area contributed by atoms with Gasteiger partial charge >= 0.3 is 5.97 Å².